The molecule has 0 N–H and O–H groups in total. The molecule has 1 atom stereocenters. The van der Waals surface area contributed by atoms with E-state index in [0.29, 0.717) is 33.4 Å². The van der Waals surface area contributed by atoms with Crippen molar-refractivity contribution in [2.45, 2.75) is 6.10 Å². The third-order valence-electron chi connectivity index (χ3n) is 3.81. The van der Waals surface area contributed by atoms with E-state index in [9.17, 15) is 4.79 Å². The van der Waals surface area contributed by atoms with Crippen LogP contribution < -0.4 is 19.6 Å². The molecule has 0 spiro atoms. The van der Waals surface area contributed by atoms with E-state index in [1.165, 1.54) is 15.9 Å². The summed E-state index contributed by atoms with van der Waals surface area (Å²) < 4.78 is 13.6. The van der Waals surface area contributed by atoms with Crippen LogP contribution in [0.3, 0.4) is 0 Å². The summed E-state index contributed by atoms with van der Waals surface area (Å²) in [5.74, 6) is 1.82. The number of thiazole rings is 1. The smallest absolute Gasteiger partial charge is 0.291 e. The second-order valence-electron chi connectivity index (χ2n) is 5.46. The lowest BCUT2D eigenvalue weighted by molar-refractivity contribution is 0.0852. The van der Waals surface area contributed by atoms with Crippen molar-refractivity contribution in [1.82, 2.24) is 14.6 Å². The van der Waals surface area contributed by atoms with E-state index in [-0.39, 0.29) is 5.56 Å². The SMILES string of the molecule is O=c1/c(=C/c2cccs2)sc2nc([C@@H]3COc4ccccc4O3)nn12. The minimum atomic E-state index is -0.425. The van der Waals surface area contributed by atoms with Crippen LogP contribution in [0, 0.1) is 0 Å². The van der Waals surface area contributed by atoms with E-state index >= 15 is 0 Å². The van der Waals surface area contributed by atoms with Crippen LogP contribution in [-0.4, -0.2) is 21.2 Å². The van der Waals surface area contributed by atoms with Gasteiger partial charge in [-0.05, 0) is 29.7 Å². The minimum absolute atomic E-state index is 0.163. The fraction of sp³-hybridized carbons (Fsp3) is 0.118. The highest BCUT2D eigenvalue weighted by Crippen LogP contribution is 2.35. The average Bonchev–Trinajstić information content (AvgIpc) is 3.35. The lowest BCUT2D eigenvalue weighted by Crippen LogP contribution is -2.26. The molecular formula is C17H11N3O3S2. The first-order valence-corrected chi connectivity index (χ1v) is 9.31. The fourth-order valence-electron chi connectivity index (χ4n) is 2.63. The molecule has 25 heavy (non-hydrogen) atoms. The van der Waals surface area contributed by atoms with Gasteiger partial charge in [0.25, 0.3) is 5.56 Å². The number of benzene rings is 1. The number of ether oxygens (including phenoxy) is 2. The zero-order valence-corrected chi connectivity index (χ0v) is 14.4. The van der Waals surface area contributed by atoms with E-state index in [1.807, 2.05) is 47.9 Å². The molecule has 8 heteroatoms. The van der Waals surface area contributed by atoms with Crippen LogP contribution >= 0.6 is 22.7 Å². The summed E-state index contributed by atoms with van der Waals surface area (Å²) in [6, 6.07) is 11.4. The van der Waals surface area contributed by atoms with Crippen molar-refractivity contribution in [2.75, 3.05) is 6.61 Å². The first kappa shape index (κ1) is 14.6. The molecule has 1 aliphatic rings. The van der Waals surface area contributed by atoms with Gasteiger partial charge in [-0.2, -0.15) is 9.50 Å². The Hall–Kier alpha value is -2.71. The topological polar surface area (TPSA) is 65.7 Å². The van der Waals surface area contributed by atoms with Gasteiger partial charge in [0.1, 0.15) is 6.61 Å². The molecule has 1 aromatic carbocycles. The number of fused-ring (bicyclic) bond motifs is 2. The molecule has 4 aromatic rings. The highest BCUT2D eigenvalue weighted by Gasteiger charge is 2.26. The van der Waals surface area contributed by atoms with Crippen molar-refractivity contribution < 1.29 is 9.47 Å². The summed E-state index contributed by atoms with van der Waals surface area (Å²) in [5, 5.41) is 6.32. The molecule has 0 aliphatic carbocycles. The van der Waals surface area contributed by atoms with Gasteiger partial charge in [0.15, 0.2) is 23.4 Å². The highest BCUT2D eigenvalue weighted by molar-refractivity contribution is 7.15. The van der Waals surface area contributed by atoms with Gasteiger partial charge in [0.2, 0.25) is 4.96 Å². The van der Waals surface area contributed by atoms with E-state index in [1.54, 1.807) is 11.3 Å². The predicted octanol–water partition coefficient (Wildman–Crippen LogP) is 2.27. The van der Waals surface area contributed by atoms with Gasteiger partial charge in [-0.25, -0.2) is 0 Å². The van der Waals surface area contributed by atoms with Crippen molar-refractivity contribution in [1.29, 1.82) is 0 Å². The molecule has 124 valence electrons. The molecule has 0 saturated heterocycles. The number of para-hydroxylation sites is 2. The molecule has 0 saturated carbocycles. The van der Waals surface area contributed by atoms with Gasteiger partial charge in [-0.3, -0.25) is 4.79 Å². The highest BCUT2D eigenvalue weighted by atomic mass is 32.1. The van der Waals surface area contributed by atoms with Crippen molar-refractivity contribution in [3.63, 3.8) is 0 Å². The third-order valence-corrected chi connectivity index (χ3v) is 5.59. The maximum Gasteiger partial charge on any atom is 0.291 e. The fourth-order valence-corrected chi connectivity index (χ4v) is 4.27. The standard InChI is InChI=1S/C17H11N3O3S2/c21-16-14(8-10-4-3-7-24-10)25-17-18-15(19-20(16)17)13-9-22-11-5-1-2-6-12(11)23-13/h1-8,13H,9H2/b14-8-/t13-/m0/s1. The summed E-state index contributed by atoms with van der Waals surface area (Å²) >= 11 is 2.91. The number of rotatable bonds is 2. The second kappa shape index (κ2) is 5.68. The quantitative estimate of drug-likeness (QED) is 0.542. The van der Waals surface area contributed by atoms with Gasteiger partial charge in [0, 0.05) is 4.88 Å². The first-order valence-electron chi connectivity index (χ1n) is 7.61. The maximum absolute atomic E-state index is 12.5. The Morgan fingerprint density at radius 2 is 2.08 bits per heavy atom. The Labute approximate surface area is 149 Å². The minimum Gasteiger partial charge on any atom is -0.485 e. The van der Waals surface area contributed by atoms with Crippen LogP contribution in [0.1, 0.15) is 16.8 Å². The predicted molar refractivity (Wildman–Crippen MR) is 95.5 cm³/mol. The lowest BCUT2D eigenvalue weighted by atomic mass is 10.2. The zero-order chi connectivity index (χ0) is 16.8. The Kier molecular flexibility index (Phi) is 3.32. The molecule has 0 amide bonds. The van der Waals surface area contributed by atoms with Gasteiger partial charge in [-0.1, -0.05) is 29.5 Å². The third kappa shape index (κ3) is 2.50. The first-order chi connectivity index (χ1) is 12.3. The number of thiophene rings is 1. The summed E-state index contributed by atoms with van der Waals surface area (Å²) in [4.78, 5) is 18.6. The molecule has 5 rings (SSSR count). The molecule has 0 bridgehead atoms. The van der Waals surface area contributed by atoms with Crippen LogP contribution in [0.15, 0.2) is 46.6 Å². The second-order valence-corrected chi connectivity index (χ2v) is 7.45. The molecule has 0 radical (unpaired) electrons. The van der Waals surface area contributed by atoms with Crippen LogP contribution in [0.25, 0.3) is 11.0 Å². The largest absolute Gasteiger partial charge is 0.485 e. The summed E-state index contributed by atoms with van der Waals surface area (Å²) in [6.45, 7) is 0.317. The van der Waals surface area contributed by atoms with Crippen molar-refractivity contribution in [2.24, 2.45) is 0 Å². The Balaban J connectivity index is 1.51. The van der Waals surface area contributed by atoms with Gasteiger partial charge < -0.3 is 9.47 Å². The normalized spacial score (nSPS) is 17.3. The summed E-state index contributed by atoms with van der Waals surface area (Å²) in [5.41, 5.74) is -0.163. The number of nitrogens with zero attached hydrogens (tertiary/aromatic N) is 3. The number of aromatic nitrogens is 3. The number of hydrogen-bond donors (Lipinski definition) is 0. The van der Waals surface area contributed by atoms with Crippen LogP contribution in [-0.2, 0) is 0 Å². The van der Waals surface area contributed by atoms with Crippen LogP contribution in [0.4, 0.5) is 0 Å². The molecule has 6 nitrogen and oxygen atoms in total. The van der Waals surface area contributed by atoms with E-state index < -0.39 is 6.10 Å². The summed E-state index contributed by atoms with van der Waals surface area (Å²) in [6.07, 6.45) is 1.44. The summed E-state index contributed by atoms with van der Waals surface area (Å²) in [7, 11) is 0. The Morgan fingerprint density at radius 1 is 1.20 bits per heavy atom. The van der Waals surface area contributed by atoms with Crippen molar-refractivity contribution >= 4 is 33.7 Å². The molecule has 0 fully saturated rings. The maximum atomic E-state index is 12.5. The molecule has 0 unspecified atom stereocenters. The van der Waals surface area contributed by atoms with Crippen molar-refractivity contribution in [3.8, 4) is 11.5 Å². The van der Waals surface area contributed by atoms with Gasteiger partial charge >= 0.3 is 0 Å². The van der Waals surface area contributed by atoms with Crippen molar-refractivity contribution in [3.05, 3.63) is 67.4 Å². The number of hydrogen-bond acceptors (Lipinski definition) is 7. The average molecular weight is 369 g/mol. The zero-order valence-electron chi connectivity index (χ0n) is 12.8. The monoisotopic (exact) mass is 369 g/mol. The van der Waals surface area contributed by atoms with Crippen LogP contribution in [0.5, 0.6) is 11.5 Å². The van der Waals surface area contributed by atoms with E-state index in [4.69, 9.17) is 9.47 Å². The Morgan fingerprint density at radius 3 is 2.88 bits per heavy atom. The molecular weight excluding hydrogens is 358 g/mol. The Bertz CT molecular complexity index is 1160. The molecule has 1 aliphatic heterocycles. The molecule has 4 heterocycles. The lowest BCUT2D eigenvalue weighted by Gasteiger charge is -2.24. The van der Waals surface area contributed by atoms with Gasteiger partial charge in [-0.15, -0.1) is 16.4 Å². The van der Waals surface area contributed by atoms with Crippen LogP contribution in [0.2, 0.25) is 0 Å². The van der Waals surface area contributed by atoms with E-state index in [2.05, 4.69) is 10.1 Å². The van der Waals surface area contributed by atoms with Gasteiger partial charge in [0.05, 0.1) is 4.53 Å². The molecule has 3 aromatic heterocycles. The van der Waals surface area contributed by atoms with E-state index in [0.717, 1.165) is 4.88 Å².